The molecular weight excluding hydrogens is 254 g/mol. The number of rotatable bonds is 3. The Kier molecular flexibility index (Phi) is 4.28. The van der Waals surface area contributed by atoms with Crippen molar-refractivity contribution in [1.82, 2.24) is 9.80 Å². The van der Waals surface area contributed by atoms with Gasteiger partial charge in [-0.2, -0.15) is 0 Å². The molecule has 0 unspecified atom stereocenters. The second-order valence-corrected chi connectivity index (χ2v) is 5.62. The Labute approximate surface area is 120 Å². The minimum Gasteiger partial charge on any atom is -0.391 e. The topological polar surface area (TPSA) is 67.6 Å². The summed E-state index contributed by atoms with van der Waals surface area (Å²) in [6, 6.07) is -0.124. The average molecular weight is 277 g/mol. The van der Waals surface area contributed by atoms with Crippen LogP contribution in [0.4, 0.5) is 0 Å². The minimum absolute atomic E-state index is 0.120. The summed E-state index contributed by atoms with van der Waals surface area (Å²) in [6.45, 7) is 5.80. The van der Waals surface area contributed by atoms with Crippen molar-refractivity contribution in [2.45, 2.75) is 44.8 Å². The Bertz CT molecular complexity index is 470. The minimum atomic E-state index is -0.449. The second-order valence-electron chi connectivity index (χ2n) is 5.62. The normalized spacial score (nSPS) is 27.9. The molecule has 5 nitrogen and oxygen atoms in total. The molecule has 1 aliphatic carbocycles. The standard InChI is InChI=1S/C15H23N3O2/c1-4-11-14(10(2)16)17(3)9-18(15(11)20)12-7-5-6-8-13(12)19/h4,12-13,16,19H,1,5-9H2,2-3H3/t12-,13-/m0/s1. The first-order chi connectivity index (χ1) is 9.47. The molecule has 2 atom stereocenters. The number of hydrogen-bond donors (Lipinski definition) is 2. The van der Waals surface area contributed by atoms with E-state index in [1.165, 1.54) is 6.08 Å². The van der Waals surface area contributed by atoms with Crippen LogP contribution in [0.5, 0.6) is 0 Å². The third-order valence-electron chi connectivity index (χ3n) is 4.15. The molecule has 2 rings (SSSR count). The zero-order valence-electron chi connectivity index (χ0n) is 12.2. The first-order valence-corrected chi connectivity index (χ1v) is 7.09. The van der Waals surface area contributed by atoms with E-state index in [0.717, 1.165) is 25.7 Å². The van der Waals surface area contributed by atoms with E-state index in [9.17, 15) is 9.90 Å². The second kappa shape index (κ2) is 5.79. The van der Waals surface area contributed by atoms with Gasteiger partial charge in [-0.15, -0.1) is 0 Å². The molecule has 5 heteroatoms. The molecule has 1 saturated carbocycles. The van der Waals surface area contributed by atoms with Crippen LogP contribution in [0.2, 0.25) is 0 Å². The zero-order chi connectivity index (χ0) is 14.9. The van der Waals surface area contributed by atoms with E-state index in [2.05, 4.69) is 6.58 Å². The predicted octanol–water partition coefficient (Wildman–Crippen LogP) is 1.50. The van der Waals surface area contributed by atoms with Crippen molar-refractivity contribution >= 4 is 11.6 Å². The maximum Gasteiger partial charge on any atom is 0.257 e. The molecular formula is C15H23N3O2. The lowest BCUT2D eigenvalue weighted by molar-refractivity contribution is -0.136. The molecule has 0 aromatic carbocycles. The SMILES string of the molecule is C=CC1=C(C(C)=N)N(C)CN([C@H]2CCCC[C@@H]2O)C1=O. The monoisotopic (exact) mass is 277 g/mol. The van der Waals surface area contributed by atoms with E-state index < -0.39 is 6.10 Å². The molecule has 2 aliphatic rings. The van der Waals surface area contributed by atoms with Crippen LogP contribution in [0.15, 0.2) is 23.9 Å². The van der Waals surface area contributed by atoms with Crippen LogP contribution in [0.25, 0.3) is 0 Å². The molecule has 0 spiro atoms. The van der Waals surface area contributed by atoms with Crippen LogP contribution in [-0.2, 0) is 4.79 Å². The summed E-state index contributed by atoms with van der Waals surface area (Å²) in [5, 5.41) is 18.0. The smallest absolute Gasteiger partial charge is 0.257 e. The summed E-state index contributed by atoms with van der Waals surface area (Å²) in [7, 11) is 1.87. The van der Waals surface area contributed by atoms with Crippen LogP contribution in [0.1, 0.15) is 32.6 Å². The van der Waals surface area contributed by atoms with Crippen molar-refractivity contribution in [2.75, 3.05) is 13.7 Å². The van der Waals surface area contributed by atoms with Gasteiger partial charge in [0.1, 0.15) is 0 Å². The van der Waals surface area contributed by atoms with Crippen LogP contribution in [-0.4, -0.2) is 52.4 Å². The highest BCUT2D eigenvalue weighted by Gasteiger charge is 2.37. The highest BCUT2D eigenvalue weighted by Crippen LogP contribution is 2.29. The molecule has 1 fully saturated rings. The van der Waals surface area contributed by atoms with Gasteiger partial charge < -0.3 is 20.3 Å². The Morgan fingerprint density at radius 1 is 1.45 bits per heavy atom. The molecule has 0 saturated heterocycles. The number of aliphatic hydroxyl groups is 1. The molecule has 0 aromatic heterocycles. The van der Waals surface area contributed by atoms with Crippen molar-refractivity contribution in [2.24, 2.45) is 0 Å². The Morgan fingerprint density at radius 3 is 2.65 bits per heavy atom. The van der Waals surface area contributed by atoms with Gasteiger partial charge in [0.05, 0.1) is 35.8 Å². The van der Waals surface area contributed by atoms with Crippen LogP contribution >= 0.6 is 0 Å². The van der Waals surface area contributed by atoms with Gasteiger partial charge in [0.2, 0.25) is 0 Å². The molecule has 2 N–H and O–H groups in total. The van der Waals surface area contributed by atoms with E-state index in [1.807, 2.05) is 11.9 Å². The highest BCUT2D eigenvalue weighted by molar-refractivity contribution is 6.08. The number of amides is 1. The quantitative estimate of drug-likeness (QED) is 0.768. The average Bonchev–Trinajstić information content (AvgIpc) is 2.41. The maximum atomic E-state index is 12.6. The van der Waals surface area contributed by atoms with E-state index in [4.69, 9.17) is 5.41 Å². The van der Waals surface area contributed by atoms with Crippen molar-refractivity contribution in [1.29, 1.82) is 5.41 Å². The number of nitrogens with zero attached hydrogens (tertiary/aromatic N) is 2. The van der Waals surface area contributed by atoms with Crippen molar-refractivity contribution in [3.05, 3.63) is 23.9 Å². The van der Waals surface area contributed by atoms with Crippen molar-refractivity contribution < 1.29 is 9.90 Å². The maximum absolute atomic E-state index is 12.6. The third-order valence-corrected chi connectivity index (χ3v) is 4.15. The fourth-order valence-corrected chi connectivity index (χ4v) is 3.21. The molecule has 1 amide bonds. The number of carbonyl (C=O) groups excluding carboxylic acids is 1. The summed E-state index contributed by atoms with van der Waals surface area (Å²) in [5.74, 6) is -0.120. The number of aliphatic hydroxyl groups excluding tert-OH is 1. The highest BCUT2D eigenvalue weighted by atomic mass is 16.3. The number of hydrogen-bond acceptors (Lipinski definition) is 4. The van der Waals surface area contributed by atoms with Gasteiger partial charge >= 0.3 is 0 Å². The summed E-state index contributed by atoms with van der Waals surface area (Å²) in [5.41, 5.74) is 1.45. The lowest BCUT2D eigenvalue weighted by atomic mass is 9.90. The van der Waals surface area contributed by atoms with E-state index in [0.29, 0.717) is 23.7 Å². The Morgan fingerprint density at radius 2 is 2.10 bits per heavy atom. The Hall–Kier alpha value is -1.62. The lowest BCUT2D eigenvalue weighted by Crippen LogP contribution is -2.55. The summed E-state index contributed by atoms with van der Waals surface area (Å²) in [6.07, 6.45) is 4.72. The van der Waals surface area contributed by atoms with Crippen LogP contribution in [0, 0.1) is 5.41 Å². The van der Waals surface area contributed by atoms with Crippen LogP contribution in [0.3, 0.4) is 0 Å². The van der Waals surface area contributed by atoms with Crippen LogP contribution < -0.4 is 0 Å². The van der Waals surface area contributed by atoms with E-state index in [-0.39, 0.29) is 11.9 Å². The number of allylic oxidation sites excluding steroid dienone is 1. The fraction of sp³-hybridized carbons (Fsp3) is 0.600. The van der Waals surface area contributed by atoms with Crippen molar-refractivity contribution in [3.63, 3.8) is 0 Å². The van der Waals surface area contributed by atoms with Gasteiger partial charge in [0.15, 0.2) is 0 Å². The van der Waals surface area contributed by atoms with Crippen molar-refractivity contribution in [3.8, 4) is 0 Å². The van der Waals surface area contributed by atoms with E-state index >= 15 is 0 Å². The first kappa shape index (κ1) is 14.8. The third kappa shape index (κ3) is 2.50. The van der Waals surface area contributed by atoms with Gasteiger partial charge in [-0.05, 0) is 19.8 Å². The van der Waals surface area contributed by atoms with Gasteiger partial charge in [0.25, 0.3) is 5.91 Å². The largest absolute Gasteiger partial charge is 0.391 e. The van der Waals surface area contributed by atoms with Gasteiger partial charge in [0, 0.05) is 7.05 Å². The van der Waals surface area contributed by atoms with E-state index in [1.54, 1.807) is 11.8 Å². The van der Waals surface area contributed by atoms with Gasteiger partial charge in [-0.3, -0.25) is 4.79 Å². The molecule has 0 radical (unpaired) electrons. The fourth-order valence-electron chi connectivity index (χ4n) is 3.21. The number of carbonyl (C=O) groups is 1. The summed E-state index contributed by atoms with van der Waals surface area (Å²) < 4.78 is 0. The molecule has 20 heavy (non-hydrogen) atoms. The van der Waals surface area contributed by atoms with Gasteiger partial charge in [-0.25, -0.2) is 0 Å². The molecule has 110 valence electrons. The molecule has 0 bridgehead atoms. The summed E-state index contributed by atoms with van der Waals surface area (Å²) >= 11 is 0. The predicted molar refractivity (Wildman–Crippen MR) is 78.4 cm³/mol. The molecule has 0 aromatic rings. The Balaban J connectivity index is 2.33. The van der Waals surface area contributed by atoms with Gasteiger partial charge in [-0.1, -0.05) is 25.5 Å². The lowest BCUT2D eigenvalue weighted by Gasteiger charge is -2.43. The first-order valence-electron chi connectivity index (χ1n) is 7.09. The molecule has 1 aliphatic heterocycles. The summed E-state index contributed by atoms with van der Waals surface area (Å²) in [4.78, 5) is 16.2. The molecule has 1 heterocycles. The number of nitrogens with one attached hydrogen (secondary N) is 1. The zero-order valence-corrected chi connectivity index (χ0v) is 12.2.